The number of amides is 1. The van der Waals surface area contributed by atoms with Gasteiger partial charge in [0.25, 0.3) is 0 Å². The summed E-state index contributed by atoms with van der Waals surface area (Å²) < 4.78 is 32.9. The number of nitrogens with one attached hydrogen (secondary N) is 1. The summed E-state index contributed by atoms with van der Waals surface area (Å²) in [4.78, 5) is 22.1. The molecule has 2 heterocycles. The molecule has 29 heavy (non-hydrogen) atoms. The molecule has 0 spiro atoms. The first-order valence-electron chi connectivity index (χ1n) is 9.23. The van der Waals surface area contributed by atoms with E-state index in [2.05, 4.69) is 15.3 Å². The van der Waals surface area contributed by atoms with Gasteiger partial charge in [0.15, 0.2) is 0 Å². The molecule has 1 aliphatic heterocycles. The number of aromatic nitrogens is 2. The first-order valence-corrected chi connectivity index (χ1v) is 10.7. The Morgan fingerprint density at radius 2 is 1.79 bits per heavy atom. The minimum Gasteiger partial charge on any atom is -0.481 e. The molecule has 0 bridgehead atoms. The number of methoxy groups -OCH3 is 1. The summed E-state index contributed by atoms with van der Waals surface area (Å²) in [5, 5.41) is 2.67. The second kappa shape index (κ2) is 8.34. The second-order valence-corrected chi connectivity index (χ2v) is 8.77. The minimum atomic E-state index is -3.63. The molecule has 1 aliphatic rings. The number of piperazine rings is 1. The zero-order valence-corrected chi connectivity index (χ0v) is 17.8. The number of aryl methyl sites for hydroxylation is 2. The molecule has 0 unspecified atom stereocenters. The highest BCUT2D eigenvalue weighted by molar-refractivity contribution is 7.89. The zero-order chi connectivity index (χ0) is 21.2. The maximum atomic E-state index is 13.1. The largest absolute Gasteiger partial charge is 0.481 e. The lowest BCUT2D eigenvalue weighted by Crippen LogP contribution is -2.49. The first-order chi connectivity index (χ1) is 13.7. The van der Waals surface area contributed by atoms with Gasteiger partial charge in [0, 0.05) is 44.9 Å². The summed E-state index contributed by atoms with van der Waals surface area (Å²) in [6, 6.07) is 6.57. The maximum Gasteiger partial charge on any atom is 0.243 e. The summed E-state index contributed by atoms with van der Waals surface area (Å²) >= 11 is 0. The van der Waals surface area contributed by atoms with E-state index in [9.17, 15) is 13.2 Å². The van der Waals surface area contributed by atoms with E-state index >= 15 is 0 Å². The van der Waals surface area contributed by atoms with E-state index in [1.165, 1.54) is 11.2 Å². The topological polar surface area (TPSA) is 105 Å². The molecule has 156 valence electrons. The summed E-state index contributed by atoms with van der Waals surface area (Å²) in [5.74, 6) is 1.61. The lowest BCUT2D eigenvalue weighted by molar-refractivity contribution is -0.114. The van der Waals surface area contributed by atoms with Crippen molar-refractivity contribution >= 4 is 27.4 Å². The number of anilines is 2. The third kappa shape index (κ3) is 4.65. The number of hydrogen-bond donors (Lipinski definition) is 1. The molecule has 1 amide bonds. The molecule has 10 heteroatoms. The molecule has 1 N–H and O–H groups in total. The number of hydrogen-bond acceptors (Lipinski definition) is 7. The van der Waals surface area contributed by atoms with Gasteiger partial charge in [-0.1, -0.05) is 0 Å². The second-order valence-electron chi connectivity index (χ2n) is 6.87. The zero-order valence-electron chi connectivity index (χ0n) is 17.0. The molecule has 2 aromatic rings. The van der Waals surface area contributed by atoms with E-state index in [-0.39, 0.29) is 10.8 Å². The Morgan fingerprint density at radius 3 is 2.38 bits per heavy atom. The molecule has 9 nitrogen and oxygen atoms in total. The molecule has 1 aromatic heterocycles. The highest BCUT2D eigenvalue weighted by Gasteiger charge is 2.30. The van der Waals surface area contributed by atoms with Gasteiger partial charge in [0.2, 0.25) is 21.8 Å². The van der Waals surface area contributed by atoms with Crippen LogP contribution >= 0.6 is 0 Å². The van der Waals surface area contributed by atoms with Gasteiger partial charge in [0.1, 0.15) is 11.6 Å². The molecule has 0 saturated carbocycles. The predicted molar refractivity (Wildman–Crippen MR) is 110 cm³/mol. The molecule has 0 aliphatic carbocycles. The van der Waals surface area contributed by atoms with Crippen LogP contribution in [0.1, 0.15) is 18.3 Å². The van der Waals surface area contributed by atoms with E-state index in [4.69, 9.17) is 4.74 Å². The average Bonchev–Trinajstić information content (AvgIpc) is 2.67. The van der Waals surface area contributed by atoms with Crippen molar-refractivity contribution in [3.63, 3.8) is 0 Å². The number of carbonyl (C=O) groups is 1. The summed E-state index contributed by atoms with van der Waals surface area (Å²) in [6.07, 6.45) is 0. The Morgan fingerprint density at radius 1 is 1.10 bits per heavy atom. The summed E-state index contributed by atoms with van der Waals surface area (Å²) in [6.45, 7) is 6.66. The first kappa shape index (κ1) is 21.0. The van der Waals surface area contributed by atoms with E-state index < -0.39 is 10.0 Å². The van der Waals surface area contributed by atoms with Crippen LogP contribution in [0.2, 0.25) is 0 Å². The van der Waals surface area contributed by atoms with Crippen molar-refractivity contribution in [2.75, 3.05) is 43.5 Å². The molecule has 0 atom stereocenters. The van der Waals surface area contributed by atoms with Crippen LogP contribution in [0.4, 0.5) is 11.5 Å². The number of carbonyl (C=O) groups excluding carboxylic acids is 1. The molecule has 1 aromatic carbocycles. The monoisotopic (exact) mass is 419 g/mol. The van der Waals surface area contributed by atoms with Crippen LogP contribution in [0.3, 0.4) is 0 Å². The Kier molecular flexibility index (Phi) is 6.04. The molecule has 0 radical (unpaired) electrons. The molecular weight excluding hydrogens is 394 g/mol. The van der Waals surface area contributed by atoms with E-state index in [1.54, 1.807) is 45.2 Å². The van der Waals surface area contributed by atoms with E-state index in [0.29, 0.717) is 49.1 Å². The molecule has 1 fully saturated rings. The SMILES string of the molecule is COc1cc(N2CCN(S(=O)(=O)c3ccc(NC(C)=O)cc3C)CC2)nc(C)n1. The van der Waals surface area contributed by atoms with E-state index in [1.807, 2.05) is 4.90 Å². The van der Waals surface area contributed by atoms with Crippen molar-refractivity contribution in [2.45, 2.75) is 25.7 Å². The van der Waals surface area contributed by atoms with Crippen LogP contribution in [-0.4, -0.2) is 61.9 Å². The highest BCUT2D eigenvalue weighted by atomic mass is 32.2. The van der Waals surface area contributed by atoms with Gasteiger partial charge in [-0.15, -0.1) is 0 Å². The number of rotatable bonds is 5. The lowest BCUT2D eigenvalue weighted by atomic mass is 10.2. The number of benzene rings is 1. The van der Waals surface area contributed by atoms with Gasteiger partial charge in [0.05, 0.1) is 12.0 Å². The van der Waals surface area contributed by atoms with Gasteiger partial charge in [-0.25, -0.2) is 13.4 Å². The number of nitrogens with zero attached hydrogens (tertiary/aromatic N) is 4. The molecule has 1 saturated heterocycles. The average molecular weight is 420 g/mol. The van der Waals surface area contributed by atoms with Gasteiger partial charge >= 0.3 is 0 Å². The number of sulfonamides is 1. The normalized spacial score (nSPS) is 15.2. The Balaban J connectivity index is 1.74. The quantitative estimate of drug-likeness (QED) is 0.784. The predicted octanol–water partition coefficient (Wildman–Crippen LogP) is 1.57. The van der Waals surface area contributed by atoms with Crippen molar-refractivity contribution in [2.24, 2.45) is 0 Å². The summed E-state index contributed by atoms with van der Waals surface area (Å²) in [7, 11) is -2.08. The van der Waals surface area contributed by atoms with E-state index in [0.717, 1.165) is 5.82 Å². The van der Waals surface area contributed by atoms with Gasteiger partial charge < -0.3 is 15.0 Å². The van der Waals surface area contributed by atoms with Crippen LogP contribution in [-0.2, 0) is 14.8 Å². The Hall–Kier alpha value is -2.72. The van der Waals surface area contributed by atoms with Crippen molar-refractivity contribution in [3.8, 4) is 5.88 Å². The molecule has 3 rings (SSSR count). The van der Waals surface area contributed by atoms with Crippen molar-refractivity contribution in [3.05, 3.63) is 35.7 Å². The van der Waals surface area contributed by atoms with Crippen LogP contribution in [0.5, 0.6) is 5.88 Å². The van der Waals surface area contributed by atoms with Crippen LogP contribution in [0, 0.1) is 13.8 Å². The Labute approximate surface area is 170 Å². The maximum absolute atomic E-state index is 13.1. The molecular formula is C19H25N5O4S. The van der Waals surface area contributed by atoms with Crippen molar-refractivity contribution < 1.29 is 17.9 Å². The van der Waals surface area contributed by atoms with Crippen LogP contribution in [0.15, 0.2) is 29.2 Å². The van der Waals surface area contributed by atoms with Gasteiger partial charge in [-0.2, -0.15) is 9.29 Å². The third-order valence-corrected chi connectivity index (χ3v) is 6.74. The van der Waals surface area contributed by atoms with Crippen LogP contribution < -0.4 is 15.0 Å². The standard InChI is InChI=1S/C19H25N5O4S/c1-13-11-16(22-15(3)25)5-6-17(13)29(26,27)24-9-7-23(8-10-24)18-12-19(28-4)21-14(2)20-18/h5-6,11-12H,7-10H2,1-4H3,(H,22,25). The minimum absolute atomic E-state index is 0.201. The van der Waals surface area contributed by atoms with Crippen molar-refractivity contribution in [1.82, 2.24) is 14.3 Å². The fourth-order valence-corrected chi connectivity index (χ4v) is 4.94. The smallest absolute Gasteiger partial charge is 0.243 e. The fraction of sp³-hybridized carbons (Fsp3) is 0.421. The Bertz CT molecular complexity index is 1020. The number of ether oxygens (including phenoxy) is 1. The van der Waals surface area contributed by atoms with Gasteiger partial charge in [-0.3, -0.25) is 4.79 Å². The third-order valence-electron chi connectivity index (χ3n) is 4.69. The summed E-state index contributed by atoms with van der Waals surface area (Å²) in [5.41, 5.74) is 1.17. The van der Waals surface area contributed by atoms with Crippen molar-refractivity contribution in [1.29, 1.82) is 0 Å². The lowest BCUT2D eigenvalue weighted by Gasteiger charge is -2.35. The fourth-order valence-electron chi connectivity index (χ4n) is 3.31. The van der Waals surface area contributed by atoms with Crippen LogP contribution in [0.25, 0.3) is 0 Å². The highest BCUT2D eigenvalue weighted by Crippen LogP contribution is 2.25. The van der Waals surface area contributed by atoms with Gasteiger partial charge in [-0.05, 0) is 37.6 Å².